The Morgan fingerprint density at radius 1 is 0.528 bits per heavy atom. The number of carbonyl (C=O) groups excluding carboxylic acids is 9. The van der Waals surface area contributed by atoms with Crippen molar-refractivity contribution in [3.63, 3.8) is 0 Å². The van der Waals surface area contributed by atoms with Gasteiger partial charge in [-0.05, 0) is 221 Å². The minimum Gasteiger partial charge on any atom is -0.508 e. The number of aryl methyl sites for hydroxylation is 3. The van der Waals surface area contributed by atoms with Gasteiger partial charge < -0.3 is 114 Å². The monoisotopic (exact) mass is 2020 g/mol. The zero-order valence-corrected chi connectivity index (χ0v) is 88.1. The average molecular weight is 2020 g/mol. The van der Waals surface area contributed by atoms with E-state index in [-0.39, 0.29) is 117 Å². The number of hydrogen-bond acceptors (Lipinski definition) is 28. The number of nitrogens with one attached hydrogen (secondary N) is 10. The normalized spacial score (nSPS) is 23.3. The van der Waals surface area contributed by atoms with Crippen LogP contribution in [0.3, 0.4) is 0 Å². The molecule has 0 bridgehead atoms. The number of carbonyl (C=O) groups is 9. The molecule has 1 unspecified atom stereocenters. The summed E-state index contributed by atoms with van der Waals surface area (Å²) in [4.78, 5) is 125. The molecule has 0 radical (unpaired) electrons. The summed E-state index contributed by atoms with van der Waals surface area (Å²) in [6, 6.07) is 9.48. The van der Waals surface area contributed by atoms with Crippen molar-refractivity contribution in [1.82, 2.24) is 63.0 Å². The Bertz CT molecular complexity index is 4570. The number of imide groups is 1. The number of likely N-dealkylation sites (N-methyl/N-ethyl adjacent to an activating group) is 2. The lowest BCUT2D eigenvalue weighted by Crippen LogP contribution is -2.60. The van der Waals surface area contributed by atoms with Gasteiger partial charge >= 0.3 is 6.09 Å². The van der Waals surface area contributed by atoms with Gasteiger partial charge in [0.15, 0.2) is 5.78 Å². The molecule has 0 saturated heterocycles. The topological polar surface area (TPSA) is 435 Å². The molecule has 3 aromatic rings. The summed E-state index contributed by atoms with van der Waals surface area (Å²) in [6.07, 6.45) is 18.3. The van der Waals surface area contributed by atoms with Gasteiger partial charge in [0.2, 0.25) is 41.4 Å². The van der Waals surface area contributed by atoms with Crippen LogP contribution in [-0.4, -0.2) is 322 Å². The molecule has 1 aliphatic heterocycles. The van der Waals surface area contributed by atoms with Crippen molar-refractivity contribution < 1.29 is 114 Å². The second kappa shape index (κ2) is 59.1. The van der Waals surface area contributed by atoms with Gasteiger partial charge in [0.05, 0.1) is 234 Å². The number of alkyl carbamates (subject to hydrolysis) is 1. The number of nitrogens with zero attached hydrogens (tertiary/aromatic N) is 4. The lowest BCUT2D eigenvalue weighted by Gasteiger charge is -2.56. The van der Waals surface area contributed by atoms with Crippen molar-refractivity contribution >= 4 is 58.9 Å². The van der Waals surface area contributed by atoms with Crippen molar-refractivity contribution in [1.29, 1.82) is 0 Å². The van der Waals surface area contributed by atoms with E-state index < -0.39 is 58.1 Å². The van der Waals surface area contributed by atoms with E-state index in [0.717, 1.165) is 148 Å². The molecule has 37 nitrogen and oxygen atoms in total. The first-order valence-electron chi connectivity index (χ1n) is 53.6. The minimum atomic E-state index is -1.08. The molecule has 0 spiro atoms. The van der Waals surface area contributed by atoms with Gasteiger partial charge in [0, 0.05) is 56.2 Å². The molecule has 1 aromatic heterocycles. The first-order valence-corrected chi connectivity index (χ1v) is 53.6. The molecule has 144 heavy (non-hydrogen) atoms. The lowest BCUT2D eigenvalue weighted by atomic mass is 9.49. The number of anilines is 1. The molecule has 8 aliphatic rings. The van der Waals surface area contributed by atoms with Gasteiger partial charge in [-0.2, -0.15) is 5.10 Å². The molecule has 8 amide bonds. The van der Waals surface area contributed by atoms with Crippen LogP contribution in [0.5, 0.6) is 5.75 Å². The number of fused-ring (bicyclic) bond motifs is 8. The first-order chi connectivity index (χ1) is 69.4. The number of aromatic nitrogens is 2. The van der Waals surface area contributed by atoms with Crippen molar-refractivity contribution in [2.45, 2.75) is 245 Å². The highest BCUT2D eigenvalue weighted by molar-refractivity contribution is 6.01. The summed E-state index contributed by atoms with van der Waals surface area (Å²) >= 11 is 0. The van der Waals surface area contributed by atoms with E-state index in [0.29, 0.717) is 220 Å². The van der Waals surface area contributed by atoms with Crippen LogP contribution < -0.4 is 53.5 Å². The van der Waals surface area contributed by atoms with Crippen LogP contribution in [0, 0.1) is 52.3 Å². The number of amides is 8. The molecule has 3 fully saturated rings. The Morgan fingerprint density at radius 3 is 1.67 bits per heavy atom. The number of hydrazine groups is 2. The fourth-order valence-corrected chi connectivity index (χ4v) is 22.6. The molecule has 3 saturated carbocycles. The van der Waals surface area contributed by atoms with Crippen LogP contribution in [0.4, 0.5) is 10.5 Å². The molecular weight excluding hydrogens is 1850 g/mol. The molecule has 2 heterocycles. The highest BCUT2D eigenvalue weighted by Crippen LogP contribution is 2.61. The number of aromatic hydroxyl groups is 1. The third-order valence-corrected chi connectivity index (χ3v) is 30.8. The molecule has 11 rings (SSSR count). The minimum absolute atomic E-state index is 0.0154. The summed E-state index contributed by atoms with van der Waals surface area (Å²) in [6.45, 7) is 26.7. The van der Waals surface area contributed by atoms with Gasteiger partial charge in [-0.1, -0.05) is 86.3 Å². The van der Waals surface area contributed by atoms with Gasteiger partial charge in [-0.15, -0.1) is 5.53 Å². The van der Waals surface area contributed by atoms with Crippen LogP contribution in [0.15, 0.2) is 54.0 Å². The number of ketones is 1. The van der Waals surface area contributed by atoms with Gasteiger partial charge in [-0.25, -0.2) is 4.79 Å². The smallest absolute Gasteiger partial charge is 0.407 e. The molecule has 7 aliphatic carbocycles. The number of quaternary nitrogens is 1. The van der Waals surface area contributed by atoms with Crippen LogP contribution >= 0.6 is 0 Å². The first kappa shape index (κ1) is 116. The SMILES string of the molecule is CNCCOCCOCCOCCn1ncc2c1CC[C@@H]1[C@H](CC2)[C@@H]1COC(=O)NCCOCCOCCOCCOCCC(=O)N[C@H](CCCCNC(=O)COC1CCCCCC2=C1NNN2CCOCCOCCOCCOCCC(=O)NCC[N+](C)(C)C)C(=O)N[C@H](C(=O)C[C@@H](C)C(=O)Nc1ccc2c(c1)[C@@]1(C)CCC[C@](C)(C(=O)NC(=O)[C@@]3(C)CCC[C@]4(C)c5cc(O)ccc5CC[C@@H]34)[C@@H]1CC2)C(C)C. The summed E-state index contributed by atoms with van der Waals surface area (Å²) in [7, 11) is 8.14. The van der Waals surface area contributed by atoms with Crippen LogP contribution in [-0.2, 0) is 143 Å². The van der Waals surface area contributed by atoms with Crippen LogP contribution in [0.2, 0.25) is 0 Å². The zero-order valence-electron chi connectivity index (χ0n) is 88.1. The van der Waals surface area contributed by atoms with Crippen LogP contribution in [0.25, 0.3) is 0 Å². The van der Waals surface area contributed by atoms with E-state index in [9.17, 15) is 43.5 Å². The fraction of sp³-hybridized carbons (Fsp3) is 0.757. The maximum Gasteiger partial charge on any atom is 0.407 e. The summed E-state index contributed by atoms with van der Waals surface area (Å²) in [5.41, 5.74) is 13.7. The van der Waals surface area contributed by atoms with E-state index in [1.807, 2.05) is 76.3 Å². The van der Waals surface area contributed by atoms with Gasteiger partial charge in [0.1, 0.15) is 24.5 Å². The standard InChI is InChI=1S/C107H172N14O23/c1-75(2)97(90(123)69-76(3)99(127)113-80-27-22-77-25-32-92-104(4,85(77)70-80)36-17-38-106(92,6)101(129)116-102(130)107(7)39-18-37-105(5)86-71-81(122)28-23-78(86)26-33-93(105)107)115-100(128)87(19-15-16-40-109-96(126)74-143-91-21-14-12-13-20-89-98(91)117-118-120(89)45-52-137-58-64-142-68-66-138-59-53-132-47-34-94(124)110-41-46-121(9,10)11)114-95(125)35-48-133-54-60-139-65-67-141-62-56-135-50-43-111-103(131)144-73-84-82-29-24-79-72-112-119(88(79)31-30-83(82)84)44-51-136-57-63-140-61-55-134-49-42-108-8/h22-23,27-28,70-72,75-76,82-84,87,91-93,97,108,117-118H,12-21,24-26,29-69,73-74H2,1-11H3,(H7-,109,110,111,113,114,115,116,122,124,125,126,127,128,129,130,131)/p+1/t76-,82+,83-,84+,87-,91?,92-,93-,97+,104-,105-,106+,107+/m1/s1. The number of rotatable bonds is 66. The summed E-state index contributed by atoms with van der Waals surface area (Å²) < 4.78 is 77.5. The van der Waals surface area contributed by atoms with E-state index in [2.05, 4.69) is 98.3 Å². The number of phenols is 1. The molecule has 13 atom stereocenters. The third kappa shape index (κ3) is 35.1. The number of Topliss-reactive ketones (excluding diaryl/α,β-unsaturated/α-hetero) is 1. The fourth-order valence-electron chi connectivity index (χ4n) is 22.6. The molecule has 37 heteroatoms. The van der Waals surface area contributed by atoms with Gasteiger partial charge in [0.25, 0.3) is 0 Å². The zero-order chi connectivity index (χ0) is 103. The Hall–Kier alpha value is -8.38. The number of benzene rings is 2. The Labute approximate surface area is 853 Å². The summed E-state index contributed by atoms with van der Waals surface area (Å²) in [5, 5.41) is 41.1. The average Bonchev–Trinajstić information content (AvgIpc) is 1.18. The number of hydrogen-bond donors (Lipinski definition) is 11. The van der Waals surface area contributed by atoms with Gasteiger partial charge in [-0.3, -0.25) is 53.4 Å². The second-order valence-corrected chi connectivity index (χ2v) is 42.6. The van der Waals surface area contributed by atoms with Crippen molar-refractivity contribution in [2.75, 3.05) is 231 Å². The Kier molecular flexibility index (Phi) is 47.6. The van der Waals surface area contributed by atoms with Crippen molar-refractivity contribution in [3.05, 3.63) is 87.5 Å². The second-order valence-electron chi connectivity index (χ2n) is 42.6. The number of ether oxygens (including phenoxy) is 13. The summed E-state index contributed by atoms with van der Waals surface area (Å²) in [5.74, 6) is -2.27. The van der Waals surface area contributed by atoms with Crippen molar-refractivity contribution in [2.24, 2.45) is 52.3 Å². The molecular formula is C107H173N14O23+. The number of unbranched alkanes of at least 4 members (excludes halogenated alkanes) is 1. The molecule has 808 valence electrons. The predicted octanol–water partition coefficient (Wildman–Crippen LogP) is 8.46. The maximum atomic E-state index is 15.0. The highest BCUT2D eigenvalue weighted by Gasteiger charge is 2.59. The Morgan fingerprint density at radius 2 is 1.07 bits per heavy atom. The van der Waals surface area contributed by atoms with E-state index in [1.165, 1.54) is 16.8 Å². The molecule has 2 aromatic carbocycles. The van der Waals surface area contributed by atoms with Crippen LogP contribution in [0.1, 0.15) is 217 Å². The van der Waals surface area contributed by atoms with E-state index >= 15 is 4.79 Å². The van der Waals surface area contributed by atoms with E-state index in [4.69, 9.17) is 61.6 Å². The molecule has 11 N–H and O–H groups in total. The lowest BCUT2D eigenvalue weighted by molar-refractivity contribution is -0.869. The quantitative estimate of drug-likeness (QED) is 0.0143. The maximum absolute atomic E-state index is 15.0. The predicted molar refractivity (Wildman–Crippen MR) is 543 cm³/mol. The highest BCUT2D eigenvalue weighted by atomic mass is 16.6. The Balaban J connectivity index is 0.587. The van der Waals surface area contributed by atoms with E-state index in [1.54, 1.807) is 13.0 Å². The number of phenolic OH excluding ortho intramolecular Hbond substituents is 1. The van der Waals surface area contributed by atoms with Crippen molar-refractivity contribution in [3.8, 4) is 5.75 Å². The third-order valence-electron chi connectivity index (χ3n) is 30.8. The largest absolute Gasteiger partial charge is 0.508 e. The number of allylic oxidation sites excluding steroid dienone is 1.